The molecular weight excluding hydrogens is 262 g/mol. The highest BCUT2D eigenvalue weighted by molar-refractivity contribution is 7.88. The second-order valence-corrected chi connectivity index (χ2v) is 7.25. The van der Waals surface area contributed by atoms with Crippen molar-refractivity contribution < 1.29 is 8.42 Å². The third kappa shape index (κ3) is 3.45. The normalized spacial score (nSPS) is 18.5. The second kappa shape index (κ2) is 5.46. The summed E-state index contributed by atoms with van der Waals surface area (Å²) in [6.45, 7) is 1.20. The minimum atomic E-state index is -3.04. The van der Waals surface area contributed by atoms with Gasteiger partial charge in [-0.25, -0.2) is 12.7 Å². The molecule has 0 saturated carbocycles. The summed E-state index contributed by atoms with van der Waals surface area (Å²) in [5.41, 5.74) is 2.15. The maximum atomic E-state index is 11.5. The van der Waals surface area contributed by atoms with E-state index in [0.717, 1.165) is 24.2 Å². The molecule has 19 heavy (non-hydrogen) atoms. The Bertz CT molecular complexity index is 517. The highest BCUT2D eigenvalue weighted by Gasteiger charge is 2.26. The maximum absolute atomic E-state index is 11.5. The monoisotopic (exact) mass is 283 g/mol. The summed E-state index contributed by atoms with van der Waals surface area (Å²) in [5, 5.41) is 0. The molecule has 0 aliphatic carbocycles. The summed E-state index contributed by atoms with van der Waals surface area (Å²) in [6.07, 6.45) is 4.85. The van der Waals surface area contributed by atoms with Gasteiger partial charge in [-0.1, -0.05) is 0 Å². The van der Waals surface area contributed by atoms with E-state index >= 15 is 0 Å². The highest BCUT2D eigenvalue weighted by Crippen LogP contribution is 2.28. The van der Waals surface area contributed by atoms with E-state index in [-0.39, 0.29) is 0 Å². The lowest BCUT2D eigenvalue weighted by molar-refractivity contribution is 0.318. The van der Waals surface area contributed by atoms with Gasteiger partial charge in [0, 0.05) is 38.8 Å². The van der Waals surface area contributed by atoms with Crippen LogP contribution in [0.4, 0.5) is 5.69 Å². The van der Waals surface area contributed by atoms with E-state index in [0.29, 0.717) is 19.0 Å². The minimum absolute atomic E-state index is 0.370. The van der Waals surface area contributed by atoms with Gasteiger partial charge in [-0.3, -0.25) is 4.98 Å². The molecule has 0 radical (unpaired) electrons. The molecule has 5 nitrogen and oxygen atoms in total. The number of rotatable bonds is 3. The summed E-state index contributed by atoms with van der Waals surface area (Å²) < 4.78 is 24.5. The SMILES string of the molecule is CN(C)c1ccc(C2CCN(S(C)(=O)=O)CC2)nc1. The number of hydrogen-bond donors (Lipinski definition) is 0. The van der Waals surface area contributed by atoms with Crippen molar-refractivity contribution in [3.05, 3.63) is 24.0 Å². The largest absolute Gasteiger partial charge is 0.376 e. The molecule has 1 fully saturated rings. The predicted molar refractivity (Wildman–Crippen MR) is 77.0 cm³/mol. The van der Waals surface area contributed by atoms with Gasteiger partial charge < -0.3 is 4.90 Å². The number of aromatic nitrogens is 1. The smallest absolute Gasteiger partial charge is 0.211 e. The highest BCUT2D eigenvalue weighted by atomic mass is 32.2. The van der Waals surface area contributed by atoms with Gasteiger partial charge in [0.05, 0.1) is 18.1 Å². The first-order valence-electron chi connectivity index (χ1n) is 6.46. The first kappa shape index (κ1) is 14.3. The zero-order chi connectivity index (χ0) is 14.0. The molecule has 1 aromatic heterocycles. The van der Waals surface area contributed by atoms with E-state index in [1.54, 1.807) is 4.31 Å². The number of anilines is 1. The van der Waals surface area contributed by atoms with E-state index in [4.69, 9.17) is 0 Å². The van der Waals surface area contributed by atoms with Crippen molar-refractivity contribution in [1.29, 1.82) is 0 Å². The third-order valence-electron chi connectivity index (χ3n) is 3.63. The number of pyridine rings is 1. The number of piperidine rings is 1. The lowest BCUT2D eigenvalue weighted by atomic mass is 9.94. The van der Waals surface area contributed by atoms with Crippen LogP contribution in [0.3, 0.4) is 0 Å². The molecule has 1 saturated heterocycles. The molecule has 2 heterocycles. The average Bonchev–Trinajstić information content (AvgIpc) is 2.38. The molecule has 0 N–H and O–H groups in total. The Morgan fingerprint density at radius 2 is 1.89 bits per heavy atom. The van der Waals surface area contributed by atoms with Gasteiger partial charge in [0.25, 0.3) is 0 Å². The molecule has 0 aromatic carbocycles. The van der Waals surface area contributed by atoms with Gasteiger partial charge in [0.1, 0.15) is 0 Å². The molecule has 0 amide bonds. The van der Waals surface area contributed by atoms with Crippen LogP contribution >= 0.6 is 0 Å². The molecular formula is C13H21N3O2S. The van der Waals surface area contributed by atoms with Gasteiger partial charge in [0.2, 0.25) is 10.0 Å². The minimum Gasteiger partial charge on any atom is -0.376 e. The lowest BCUT2D eigenvalue weighted by Crippen LogP contribution is -2.37. The molecule has 0 atom stereocenters. The summed E-state index contributed by atoms with van der Waals surface area (Å²) in [4.78, 5) is 6.52. The molecule has 0 spiro atoms. The van der Waals surface area contributed by atoms with Crippen LogP contribution in [0, 0.1) is 0 Å². The Morgan fingerprint density at radius 1 is 1.26 bits per heavy atom. The molecule has 106 valence electrons. The van der Waals surface area contributed by atoms with Crippen LogP contribution in [0.15, 0.2) is 18.3 Å². The van der Waals surface area contributed by atoms with Crippen molar-refractivity contribution in [2.75, 3.05) is 38.3 Å². The quantitative estimate of drug-likeness (QED) is 0.839. The molecule has 0 bridgehead atoms. The molecule has 0 unspecified atom stereocenters. The van der Waals surface area contributed by atoms with E-state index in [9.17, 15) is 8.42 Å². The van der Waals surface area contributed by atoms with Crippen molar-refractivity contribution in [2.24, 2.45) is 0 Å². The number of nitrogens with zero attached hydrogens (tertiary/aromatic N) is 3. The van der Waals surface area contributed by atoms with Gasteiger partial charge in [-0.15, -0.1) is 0 Å². The van der Waals surface area contributed by atoms with Crippen molar-refractivity contribution in [3.8, 4) is 0 Å². The second-order valence-electron chi connectivity index (χ2n) is 5.27. The van der Waals surface area contributed by atoms with Crippen molar-refractivity contribution >= 4 is 15.7 Å². The molecule has 1 aromatic rings. The fourth-order valence-corrected chi connectivity index (χ4v) is 3.26. The maximum Gasteiger partial charge on any atom is 0.211 e. The molecule has 2 rings (SSSR count). The predicted octanol–water partition coefficient (Wildman–Crippen LogP) is 1.29. The van der Waals surface area contributed by atoms with E-state index in [1.807, 2.05) is 25.2 Å². The topological polar surface area (TPSA) is 53.5 Å². The number of hydrogen-bond acceptors (Lipinski definition) is 4. The summed E-state index contributed by atoms with van der Waals surface area (Å²) in [5.74, 6) is 0.370. The van der Waals surface area contributed by atoms with Crippen LogP contribution < -0.4 is 4.90 Å². The summed E-state index contributed by atoms with van der Waals surface area (Å²) in [7, 11) is 0.932. The molecule has 1 aliphatic rings. The first-order chi connectivity index (χ1) is 8.88. The van der Waals surface area contributed by atoms with Crippen molar-refractivity contribution in [3.63, 3.8) is 0 Å². The van der Waals surface area contributed by atoms with Crippen LogP contribution in [0.2, 0.25) is 0 Å². The lowest BCUT2D eigenvalue weighted by Gasteiger charge is -2.30. The fraction of sp³-hybridized carbons (Fsp3) is 0.615. The van der Waals surface area contributed by atoms with Gasteiger partial charge in [0.15, 0.2) is 0 Å². The third-order valence-corrected chi connectivity index (χ3v) is 4.93. The molecule has 1 aliphatic heterocycles. The van der Waals surface area contributed by atoms with E-state index in [1.165, 1.54) is 6.26 Å². The summed E-state index contributed by atoms with van der Waals surface area (Å²) >= 11 is 0. The average molecular weight is 283 g/mol. The van der Waals surface area contributed by atoms with E-state index < -0.39 is 10.0 Å². The van der Waals surface area contributed by atoms with Crippen LogP contribution in [-0.4, -0.2) is 51.1 Å². The Morgan fingerprint density at radius 3 is 2.32 bits per heavy atom. The zero-order valence-electron chi connectivity index (χ0n) is 11.7. The van der Waals surface area contributed by atoms with Crippen LogP contribution in [-0.2, 0) is 10.0 Å². The Hall–Kier alpha value is -1.14. The Kier molecular flexibility index (Phi) is 4.10. The number of sulfonamides is 1. The van der Waals surface area contributed by atoms with Crippen LogP contribution in [0.5, 0.6) is 0 Å². The Balaban J connectivity index is 2.02. The van der Waals surface area contributed by atoms with Crippen molar-refractivity contribution in [1.82, 2.24) is 9.29 Å². The first-order valence-corrected chi connectivity index (χ1v) is 8.31. The summed E-state index contributed by atoms with van der Waals surface area (Å²) in [6, 6.07) is 4.11. The standard InChI is InChI=1S/C13H21N3O2S/c1-15(2)12-4-5-13(14-10-12)11-6-8-16(9-7-11)19(3,17)18/h4-5,10-11H,6-9H2,1-3H3. The molecule has 6 heteroatoms. The van der Waals surface area contributed by atoms with Crippen molar-refractivity contribution in [2.45, 2.75) is 18.8 Å². The van der Waals surface area contributed by atoms with Gasteiger partial charge in [-0.2, -0.15) is 0 Å². The van der Waals surface area contributed by atoms with Crippen LogP contribution in [0.1, 0.15) is 24.5 Å². The van der Waals surface area contributed by atoms with Gasteiger partial charge in [-0.05, 0) is 25.0 Å². The van der Waals surface area contributed by atoms with Gasteiger partial charge >= 0.3 is 0 Å². The zero-order valence-corrected chi connectivity index (χ0v) is 12.5. The fourth-order valence-electron chi connectivity index (χ4n) is 2.39. The van der Waals surface area contributed by atoms with E-state index in [2.05, 4.69) is 17.1 Å². The Labute approximate surface area is 115 Å². The van der Waals surface area contributed by atoms with Crippen LogP contribution in [0.25, 0.3) is 0 Å².